The van der Waals surface area contributed by atoms with E-state index in [0.29, 0.717) is 16.9 Å². The van der Waals surface area contributed by atoms with Crippen LogP contribution in [0.1, 0.15) is 62.0 Å². The van der Waals surface area contributed by atoms with Crippen molar-refractivity contribution >= 4 is 34.5 Å². The van der Waals surface area contributed by atoms with Crippen LogP contribution >= 0.6 is 34.5 Å². The molecule has 0 spiro atoms. The highest BCUT2D eigenvalue weighted by Gasteiger charge is 2.39. The van der Waals surface area contributed by atoms with E-state index in [2.05, 4.69) is 32.7 Å². The van der Waals surface area contributed by atoms with Crippen molar-refractivity contribution in [3.05, 3.63) is 56.2 Å². The maximum atomic E-state index is 6.50. The first-order chi connectivity index (χ1) is 16.5. The van der Waals surface area contributed by atoms with Gasteiger partial charge in [-0.05, 0) is 97.1 Å². The van der Waals surface area contributed by atoms with Crippen LogP contribution in [0.5, 0.6) is 0 Å². The smallest absolute Gasteiger partial charge is 0.0681 e. The molecule has 2 aromatic rings. The van der Waals surface area contributed by atoms with E-state index >= 15 is 0 Å². The number of halogens is 2. The highest BCUT2D eigenvalue weighted by Crippen LogP contribution is 2.41. The summed E-state index contributed by atoms with van der Waals surface area (Å²) in [6.45, 7) is 6.81. The molecule has 1 aromatic heterocycles. The third-order valence-corrected chi connectivity index (χ3v) is 9.99. The number of nitrogens with zero attached hydrogens (tertiary/aromatic N) is 2. The molecule has 6 heteroatoms. The summed E-state index contributed by atoms with van der Waals surface area (Å²) >= 11 is 14.4. The molecule has 3 fully saturated rings. The predicted octanol–water partition coefficient (Wildman–Crippen LogP) is 7.33. The molecule has 34 heavy (non-hydrogen) atoms. The van der Waals surface area contributed by atoms with Crippen molar-refractivity contribution in [3.63, 3.8) is 0 Å². The number of hydrogen-bond acceptors (Lipinski definition) is 4. The number of rotatable bonds is 8. The van der Waals surface area contributed by atoms with Gasteiger partial charge in [-0.25, -0.2) is 0 Å². The van der Waals surface area contributed by atoms with Gasteiger partial charge in [0.1, 0.15) is 0 Å². The molecular formula is C28H38Cl2N2OS. The first kappa shape index (κ1) is 25.0. The molecule has 2 saturated heterocycles. The Morgan fingerprint density at radius 2 is 1.85 bits per heavy atom. The monoisotopic (exact) mass is 520 g/mol. The summed E-state index contributed by atoms with van der Waals surface area (Å²) in [7, 11) is 1.94. The second-order valence-electron chi connectivity index (χ2n) is 10.9. The SMILES string of the molecule is COC1(CC2CCN(CC3CN(Cc4ccc(Cl)cc4Cl)CC3c3ccsc3)CC2)CCCC1. The van der Waals surface area contributed by atoms with Crippen LogP contribution in [-0.2, 0) is 11.3 Å². The molecule has 0 radical (unpaired) electrons. The van der Waals surface area contributed by atoms with Crippen LogP contribution in [0.25, 0.3) is 0 Å². The fourth-order valence-corrected chi connectivity index (χ4v) is 7.96. The Balaban J connectivity index is 1.19. The van der Waals surface area contributed by atoms with Gasteiger partial charge in [0.05, 0.1) is 5.60 Å². The van der Waals surface area contributed by atoms with Crippen molar-refractivity contribution in [1.82, 2.24) is 9.80 Å². The van der Waals surface area contributed by atoms with Crippen LogP contribution in [0.2, 0.25) is 10.0 Å². The Kier molecular flexibility index (Phi) is 8.24. The average molecular weight is 522 g/mol. The summed E-state index contributed by atoms with van der Waals surface area (Å²) in [6.07, 6.45) is 9.14. The summed E-state index contributed by atoms with van der Waals surface area (Å²) in [4.78, 5) is 5.34. The largest absolute Gasteiger partial charge is 0.378 e. The van der Waals surface area contributed by atoms with E-state index in [4.69, 9.17) is 27.9 Å². The first-order valence-corrected chi connectivity index (χ1v) is 14.7. The van der Waals surface area contributed by atoms with Crippen LogP contribution < -0.4 is 0 Å². The molecule has 3 nitrogen and oxygen atoms in total. The van der Waals surface area contributed by atoms with Crippen LogP contribution in [-0.4, -0.2) is 55.2 Å². The van der Waals surface area contributed by atoms with Gasteiger partial charge < -0.3 is 9.64 Å². The lowest BCUT2D eigenvalue weighted by Crippen LogP contribution is -2.41. The Morgan fingerprint density at radius 3 is 2.53 bits per heavy atom. The molecule has 1 aromatic carbocycles. The molecule has 2 atom stereocenters. The molecular weight excluding hydrogens is 483 g/mol. The van der Waals surface area contributed by atoms with Gasteiger partial charge in [-0.2, -0.15) is 11.3 Å². The Morgan fingerprint density at radius 1 is 1.06 bits per heavy atom. The third-order valence-electron chi connectivity index (χ3n) is 8.71. The number of hydrogen-bond donors (Lipinski definition) is 0. The standard InChI is InChI=1S/C28H38Cl2N2OS/c1-33-28(9-2-3-10-28)15-21-6-11-31(12-7-21)17-24-18-32(19-26(24)23-8-13-34-20-23)16-22-4-5-25(29)14-27(22)30/h4-5,8,13-14,20-21,24,26H,2-3,6-7,9-12,15-19H2,1H3. The molecule has 1 saturated carbocycles. The Labute approximate surface area is 219 Å². The number of benzene rings is 1. The molecule has 0 amide bonds. The zero-order valence-electron chi connectivity index (χ0n) is 20.4. The zero-order valence-corrected chi connectivity index (χ0v) is 22.7. The molecule has 3 heterocycles. The number of piperidine rings is 1. The lowest BCUT2D eigenvalue weighted by atomic mass is 9.83. The minimum atomic E-state index is 0.186. The Bertz CT molecular complexity index is 922. The molecule has 3 aliphatic rings. The van der Waals surface area contributed by atoms with Gasteiger partial charge in [0.2, 0.25) is 0 Å². The van der Waals surface area contributed by atoms with Crippen LogP contribution in [0.3, 0.4) is 0 Å². The van der Waals surface area contributed by atoms with Gasteiger partial charge in [0.15, 0.2) is 0 Å². The van der Waals surface area contributed by atoms with Crippen molar-refractivity contribution in [2.24, 2.45) is 11.8 Å². The highest BCUT2D eigenvalue weighted by atomic mass is 35.5. The van der Waals surface area contributed by atoms with Crippen molar-refractivity contribution in [2.75, 3.05) is 39.8 Å². The van der Waals surface area contributed by atoms with Crippen LogP contribution in [0.4, 0.5) is 0 Å². The number of likely N-dealkylation sites (tertiary alicyclic amines) is 2. The fraction of sp³-hybridized carbons (Fsp3) is 0.643. The van der Waals surface area contributed by atoms with E-state index < -0.39 is 0 Å². The Hall–Kier alpha value is -0.620. The average Bonchev–Trinajstić information content (AvgIpc) is 3.59. The van der Waals surface area contributed by atoms with Crippen LogP contribution in [0.15, 0.2) is 35.0 Å². The molecule has 0 N–H and O–H groups in total. The van der Waals surface area contributed by atoms with Crippen LogP contribution in [0, 0.1) is 11.8 Å². The van der Waals surface area contributed by atoms with E-state index in [1.165, 1.54) is 75.7 Å². The zero-order chi connectivity index (χ0) is 23.5. The second-order valence-corrected chi connectivity index (χ2v) is 12.5. The number of thiophene rings is 1. The third kappa shape index (κ3) is 5.85. The van der Waals surface area contributed by atoms with Crippen molar-refractivity contribution < 1.29 is 4.74 Å². The van der Waals surface area contributed by atoms with E-state index in [9.17, 15) is 0 Å². The molecule has 2 unspecified atom stereocenters. The van der Waals surface area contributed by atoms with E-state index in [-0.39, 0.29) is 5.60 Å². The second kappa shape index (κ2) is 11.2. The molecule has 5 rings (SSSR count). The highest BCUT2D eigenvalue weighted by molar-refractivity contribution is 7.08. The predicted molar refractivity (Wildman–Crippen MR) is 144 cm³/mol. The summed E-state index contributed by atoms with van der Waals surface area (Å²) in [5, 5.41) is 6.07. The number of ether oxygens (including phenoxy) is 1. The maximum Gasteiger partial charge on any atom is 0.0681 e. The fourth-order valence-electron chi connectivity index (χ4n) is 6.77. The molecule has 1 aliphatic carbocycles. The molecule has 0 bridgehead atoms. The van der Waals surface area contributed by atoms with E-state index in [1.54, 1.807) is 0 Å². The van der Waals surface area contributed by atoms with Gasteiger partial charge in [0, 0.05) is 49.3 Å². The van der Waals surface area contributed by atoms with Gasteiger partial charge in [-0.3, -0.25) is 4.90 Å². The normalized spacial score (nSPS) is 26.4. The van der Waals surface area contributed by atoms with Crippen molar-refractivity contribution in [1.29, 1.82) is 0 Å². The lowest BCUT2D eigenvalue weighted by molar-refractivity contribution is -0.0311. The quantitative estimate of drug-likeness (QED) is 0.362. The number of methoxy groups -OCH3 is 1. The lowest BCUT2D eigenvalue weighted by Gasteiger charge is -2.38. The molecule has 2 aliphatic heterocycles. The minimum absolute atomic E-state index is 0.186. The van der Waals surface area contributed by atoms with Gasteiger partial charge in [-0.15, -0.1) is 0 Å². The first-order valence-electron chi connectivity index (χ1n) is 13.0. The van der Waals surface area contributed by atoms with Gasteiger partial charge in [0.25, 0.3) is 0 Å². The maximum absolute atomic E-state index is 6.50. The topological polar surface area (TPSA) is 15.7 Å². The summed E-state index contributed by atoms with van der Waals surface area (Å²) in [5.41, 5.74) is 2.87. The summed E-state index contributed by atoms with van der Waals surface area (Å²) in [6, 6.07) is 8.24. The summed E-state index contributed by atoms with van der Waals surface area (Å²) < 4.78 is 6.03. The van der Waals surface area contributed by atoms with E-state index in [0.717, 1.165) is 30.6 Å². The minimum Gasteiger partial charge on any atom is -0.378 e. The van der Waals surface area contributed by atoms with Gasteiger partial charge in [-0.1, -0.05) is 42.1 Å². The van der Waals surface area contributed by atoms with Gasteiger partial charge >= 0.3 is 0 Å². The van der Waals surface area contributed by atoms with Crippen molar-refractivity contribution in [3.8, 4) is 0 Å². The summed E-state index contributed by atoms with van der Waals surface area (Å²) in [5.74, 6) is 2.09. The van der Waals surface area contributed by atoms with Crippen molar-refractivity contribution in [2.45, 2.75) is 63.0 Å². The molecule has 186 valence electrons. The van der Waals surface area contributed by atoms with E-state index in [1.807, 2.05) is 30.6 Å².